The third-order valence-corrected chi connectivity index (χ3v) is 5.36. The van der Waals surface area contributed by atoms with E-state index in [1.807, 2.05) is 48.2 Å². The molecule has 3 rings (SSSR count). The second-order valence-electron chi connectivity index (χ2n) is 7.53. The van der Waals surface area contributed by atoms with Gasteiger partial charge in [-0.1, -0.05) is 37.1 Å². The number of rotatable bonds is 6. The maximum atomic E-state index is 13.0. The quantitative estimate of drug-likeness (QED) is 0.495. The third kappa shape index (κ3) is 6.92. The van der Waals surface area contributed by atoms with Crippen LogP contribution in [0.2, 0.25) is 0 Å². The van der Waals surface area contributed by atoms with Crippen molar-refractivity contribution >= 4 is 40.9 Å². The number of benzene rings is 2. The molecule has 1 saturated heterocycles. The first-order valence-corrected chi connectivity index (χ1v) is 11.4. The van der Waals surface area contributed by atoms with Gasteiger partial charge in [-0.3, -0.25) is 14.9 Å². The fraction of sp³-hybridized carbons (Fsp3) is 0.320. The zero-order valence-corrected chi connectivity index (χ0v) is 19.1. The SMILES string of the molecule is CCOc1ccc(/C=C/C(=O)NC(=S)Nc2ccccc2C(=O)N2CCCCCC2)cc1. The smallest absolute Gasteiger partial charge is 0.255 e. The van der Waals surface area contributed by atoms with Crippen molar-refractivity contribution in [3.63, 3.8) is 0 Å². The normalized spacial score (nSPS) is 14.0. The molecule has 1 aliphatic heterocycles. The average molecular weight is 452 g/mol. The largest absolute Gasteiger partial charge is 0.494 e. The summed E-state index contributed by atoms with van der Waals surface area (Å²) in [5, 5.41) is 5.77. The molecule has 6 nitrogen and oxygen atoms in total. The fourth-order valence-electron chi connectivity index (χ4n) is 3.54. The maximum absolute atomic E-state index is 13.0. The van der Waals surface area contributed by atoms with Crippen molar-refractivity contribution in [3.05, 3.63) is 65.7 Å². The Labute approximate surface area is 194 Å². The highest BCUT2D eigenvalue weighted by Gasteiger charge is 2.20. The van der Waals surface area contributed by atoms with Crippen molar-refractivity contribution in [3.8, 4) is 5.75 Å². The molecule has 2 aromatic carbocycles. The van der Waals surface area contributed by atoms with E-state index >= 15 is 0 Å². The van der Waals surface area contributed by atoms with Crippen LogP contribution in [-0.2, 0) is 4.79 Å². The van der Waals surface area contributed by atoms with Gasteiger partial charge in [0.25, 0.3) is 5.91 Å². The predicted octanol–water partition coefficient (Wildman–Crippen LogP) is 4.63. The third-order valence-electron chi connectivity index (χ3n) is 5.15. The van der Waals surface area contributed by atoms with Crippen molar-refractivity contribution in [1.82, 2.24) is 10.2 Å². The fourth-order valence-corrected chi connectivity index (χ4v) is 3.75. The Balaban J connectivity index is 1.58. The summed E-state index contributed by atoms with van der Waals surface area (Å²) in [6.45, 7) is 4.07. The molecule has 0 aliphatic carbocycles. The first-order valence-electron chi connectivity index (χ1n) is 11.0. The van der Waals surface area contributed by atoms with Crippen LogP contribution >= 0.6 is 12.2 Å². The van der Waals surface area contributed by atoms with Crippen molar-refractivity contribution in [2.75, 3.05) is 25.0 Å². The molecule has 1 fully saturated rings. The number of hydrogen-bond donors (Lipinski definition) is 2. The molecule has 0 atom stereocenters. The lowest BCUT2D eigenvalue weighted by Gasteiger charge is -2.22. The van der Waals surface area contributed by atoms with E-state index in [4.69, 9.17) is 17.0 Å². The number of hydrogen-bond acceptors (Lipinski definition) is 4. The molecule has 0 saturated carbocycles. The van der Waals surface area contributed by atoms with Crippen LogP contribution in [0.15, 0.2) is 54.6 Å². The minimum Gasteiger partial charge on any atom is -0.494 e. The zero-order chi connectivity index (χ0) is 22.8. The van der Waals surface area contributed by atoms with Gasteiger partial charge in [0, 0.05) is 19.2 Å². The Morgan fingerprint density at radius 3 is 2.41 bits per heavy atom. The standard InChI is InChI=1S/C25H29N3O3S/c1-2-31-20-14-11-19(12-15-20)13-16-23(29)27-25(32)26-22-10-6-5-9-21(22)24(30)28-17-7-3-4-8-18-28/h5-6,9-16H,2-4,7-8,17-18H2,1H3,(H2,26,27,29,32)/b16-13+. The molecular formula is C25H29N3O3S. The number of carbonyl (C=O) groups excluding carboxylic acids is 2. The van der Waals surface area contributed by atoms with Crippen molar-refractivity contribution in [1.29, 1.82) is 0 Å². The molecule has 0 radical (unpaired) electrons. The van der Waals surface area contributed by atoms with E-state index in [-0.39, 0.29) is 16.9 Å². The van der Waals surface area contributed by atoms with Gasteiger partial charge >= 0.3 is 0 Å². The number of carbonyl (C=O) groups is 2. The molecule has 7 heteroatoms. The van der Waals surface area contributed by atoms with Crippen LogP contribution in [0.1, 0.15) is 48.5 Å². The summed E-state index contributed by atoms with van der Waals surface area (Å²) in [5.74, 6) is 0.417. The van der Waals surface area contributed by atoms with E-state index in [0.717, 1.165) is 50.1 Å². The summed E-state index contributed by atoms with van der Waals surface area (Å²) in [6, 6.07) is 14.7. The first kappa shape index (κ1) is 23.5. The second-order valence-corrected chi connectivity index (χ2v) is 7.94. The van der Waals surface area contributed by atoms with Gasteiger partial charge in [-0.15, -0.1) is 0 Å². The van der Waals surface area contributed by atoms with E-state index in [0.29, 0.717) is 17.9 Å². The van der Waals surface area contributed by atoms with Gasteiger partial charge in [0.05, 0.1) is 17.9 Å². The number of nitrogens with one attached hydrogen (secondary N) is 2. The highest BCUT2D eigenvalue weighted by atomic mass is 32.1. The van der Waals surface area contributed by atoms with Gasteiger partial charge < -0.3 is 15.0 Å². The van der Waals surface area contributed by atoms with E-state index < -0.39 is 0 Å². The molecule has 32 heavy (non-hydrogen) atoms. The predicted molar refractivity (Wildman–Crippen MR) is 132 cm³/mol. The monoisotopic (exact) mass is 451 g/mol. The van der Waals surface area contributed by atoms with Crippen LogP contribution < -0.4 is 15.4 Å². The van der Waals surface area contributed by atoms with E-state index in [1.165, 1.54) is 6.08 Å². The molecule has 0 aromatic heterocycles. The molecule has 0 bridgehead atoms. The lowest BCUT2D eigenvalue weighted by atomic mass is 10.1. The summed E-state index contributed by atoms with van der Waals surface area (Å²) in [6.07, 6.45) is 7.48. The maximum Gasteiger partial charge on any atom is 0.255 e. The Bertz CT molecular complexity index is 965. The molecule has 2 amide bonds. The molecule has 0 unspecified atom stereocenters. The van der Waals surface area contributed by atoms with Crippen LogP contribution in [0.25, 0.3) is 6.08 Å². The summed E-state index contributed by atoms with van der Waals surface area (Å²) in [5.41, 5.74) is 2.01. The van der Waals surface area contributed by atoms with Gasteiger partial charge in [0.15, 0.2) is 5.11 Å². The van der Waals surface area contributed by atoms with Crippen LogP contribution in [0.3, 0.4) is 0 Å². The Hall–Kier alpha value is -3.19. The highest BCUT2D eigenvalue weighted by Crippen LogP contribution is 2.20. The minimum absolute atomic E-state index is 0.0143. The van der Waals surface area contributed by atoms with E-state index in [1.54, 1.807) is 18.2 Å². The molecule has 0 spiro atoms. The van der Waals surface area contributed by atoms with E-state index in [2.05, 4.69) is 10.6 Å². The number of para-hydroxylation sites is 1. The van der Waals surface area contributed by atoms with Crippen LogP contribution in [0, 0.1) is 0 Å². The van der Waals surface area contributed by atoms with Crippen LogP contribution in [0.4, 0.5) is 5.69 Å². The molecule has 2 aromatic rings. The Kier molecular flexibility index (Phi) is 8.80. The van der Waals surface area contributed by atoms with Gasteiger partial charge in [-0.2, -0.15) is 0 Å². The topological polar surface area (TPSA) is 70.7 Å². The Morgan fingerprint density at radius 1 is 1.03 bits per heavy atom. The number of anilines is 1. The lowest BCUT2D eigenvalue weighted by molar-refractivity contribution is -0.115. The number of ether oxygens (including phenoxy) is 1. The van der Waals surface area contributed by atoms with Gasteiger partial charge in [-0.05, 0) is 67.9 Å². The van der Waals surface area contributed by atoms with Gasteiger partial charge in [-0.25, -0.2) is 0 Å². The van der Waals surface area contributed by atoms with Gasteiger partial charge in [0.1, 0.15) is 5.75 Å². The lowest BCUT2D eigenvalue weighted by Crippen LogP contribution is -2.35. The summed E-state index contributed by atoms with van der Waals surface area (Å²) in [7, 11) is 0. The summed E-state index contributed by atoms with van der Waals surface area (Å²) >= 11 is 5.30. The van der Waals surface area contributed by atoms with Crippen molar-refractivity contribution < 1.29 is 14.3 Å². The molecule has 2 N–H and O–H groups in total. The number of thiocarbonyl (C=S) groups is 1. The Morgan fingerprint density at radius 2 is 1.72 bits per heavy atom. The second kappa shape index (κ2) is 12.0. The first-order chi connectivity index (χ1) is 15.6. The van der Waals surface area contributed by atoms with Gasteiger partial charge in [0.2, 0.25) is 5.91 Å². The summed E-state index contributed by atoms with van der Waals surface area (Å²) < 4.78 is 5.41. The highest BCUT2D eigenvalue weighted by molar-refractivity contribution is 7.80. The van der Waals surface area contributed by atoms with Crippen molar-refractivity contribution in [2.24, 2.45) is 0 Å². The van der Waals surface area contributed by atoms with E-state index in [9.17, 15) is 9.59 Å². The number of likely N-dealkylation sites (tertiary alicyclic amines) is 1. The molecule has 1 aliphatic rings. The minimum atomic E-state index is -0.354. The van der Waals surface area contributed by atoms with Crippen LogP contribution in [0.5, 0.6) is 5.75 Å². The number of nitrogens with zero attached hydrogens (tertiary/aromatic N) is 1. The van der Waals surface area contributed by atoms with Crippen molar-refractivity contribution in [2.45, 2.75) is 32.6 Å². The zero-order valence-electron chi connectivity index (χ0n) is 18.3. The molecule has 1 heterocycles. The average Bonchev–Trinajstić information content (AvgIpc) is 3.08. The number of amides is 2. The van der Waals surface area contributed by atoms with Crippen LogP contribution in [-0.4, -0.2) is 41.5 Å². The molecule has 168 valence electrons. The summed E-state index contributed by atoms with van der Waals surface area (Å²) in [4.78, 5) is 27.2. The molecular weight excluding hydrogens is 422 g/mol.